The van der Waals surface area contributed by atoms with Gasteiger partial charge in [0, 0.05) is 6.42 Å². The van der Waals surface area contributed by atoms with Crippen LogP contribution in [-0.2, 0) is 16.1 Å². The Bertz CT molecular complexity index is 314. The van der Waals surface area contributed by atoms with Gasteiger partial charge in [0.25, 0.3) is 0 Å². The first-order chi connectivity index (χ1) is 7.75. The molecule has 1 aromatic rings. The molecule has 1 heterocycles. The summed E-state index contributed by atoms with van der Waals surface area (Å²) in [5, 5.41) is 18.6. The van der Waals surface area contributed by atoms with E-state index in [1.54, 1.807) is 0 Å². The van der Waals surface area contributed by atoms with E-state index in [-0.39, 0.29) is 6.42 Å². The van der Waals surface area contributed by atoms with Crippen molar-refractivity contribution in [3.05, 3.63) is 35.9 Å². The average molecular weight is 224 g/mol. The Balaban J connectivity index is 1.72. The molecule has 0 radical (unpaired) electrons. The van der Waals surface area contributed by atoms with Gasteiger partial charge in [0.2, 0.25) is 0 Å². The van der Waals surface area contributed by atoms with Crippen molar-refractivity contribution in [3.8, 4) is 0 Å². The Morgan fingerprint density at radius 3 is 2.62 bits per heavy atom. The highest BCUT2D eigenvalue weighted by atomic mass is 16.6. The zero-order valence-electron chi connectivity index (χ0n) is 8.95. The molecule has 1 aliphatic rings. The third kappa shape index (κ3) is 3.02. The van der Waals surface area contributed by atoms with Crippen LogP contribution in [0.1, 0.15) is 12.0 Å². The van der Waals surface area contributed by atoms with E-state index in [1.165, 1.54) is 0 Å². The van der Waals surface area contributed by atoms with E-state index in [0.29, 0.717) is 13.2 Å². The molecular weight excluding hydrogens is 208 g/mol. The molecule has 1 aliphatic heterocycles. The van der Waals surface area contributed by atoms with E-state index < -0.39 is 18.5 Å². The van der Waals surface area contributed by atoms with Crippen LogP contribution < -0.4 is 0 Å². The maximum Gasteiger partial charge on any atom is 0.157 e. The summed E-state index contributed by atoms with van der Waals surface area (Å²) in [7, 11) is 0. The molecule has 0 amide bonds. The monoisotopic (exact) mass is 224 g/mol. The summed E-state index contributed by atoms with van der Waals surface area (Å²) >= 11 is 0. The van der Waals surface area contributed by atoms with Gasteiger partial charge in [-0.2, -0.15) is 0 Å². The summed E-state index contributed by atoms with van der Waals surface area (Å²) in [4.78, 5) is 0. The minimum Gasteiger partial charge on any atom is -0.390 e. The molecule has 1 aromatic carbocycles. The van der Waals surface area contributed by atoms with Crippen molar-refractivity contribution >= 4 is 0 Å². The molecule has 3 atom stereocenters. The SMILES string of the molecule is O[C@@H]1C[C@H](O)O[C@@H]1COCc1ccccc1. The van der Waals surface area contributed by atoms with Gasteiger partial charge < -0.3 is 19.7 Å². The van der Waals surface area contributed by atoms with E-state index >= 15 is 0 Å². The third-order valence-corrected chi connectivity index (χ3v) is 2.60. The predicted molar refractivity (Wildman–Crippen MR) is 57.6 cm³/mol. The highest BCUT2D eigenvalue weighted by Gasteiger charge is 2.32. The van der Waals surface area contributed by atoms with Crippen molar-refractivity contribution < 1.29 is 19.7 Å². The van der Waals surface area contributed by atoms with E-state index in [2.05, 4.69) is 0 Å². The van der Waals surface area contributed by atoms with Crippen LogP contribution in [0.5, 0.6) is 0 Å². The summed E-state index contributed by atoms with van der Waals surface area (Å²) in [6, 6.07) is 9.79. The van der Waals surface area contributed by atoms with E-state index in [1.807, 2.05) is 30.3 Å². The fourth-order valence-corrected chi connectivity index (χ4v) is 1.72. The van der Waals surface area contributed by atoms with Crippen molar-refractivity contribution in [1.82, 2.24) is 0 Å². The number of hydrogen-bond donors (Lipinski definition) is 2. The molecule has 0 aliphatic carbocycles. The minimum atomic E-state index is -0.861. The first-order valence-electron chi connectivity index (χ1n) is 5.39. The number of aliphatic hydroxyl groups excluding tert-OH is 2. The molecule has 88 valence electrons. The molecule has 1 fully saturated rings. The second-order valence-electron chi connectivity index (χ2n) is 3.93. The minimum absolute atomic E-state index is 0.263. The number of aliphatic hydroxyl groups is 2. The molecule has 0 bridgehead atoms. The Hall–Kier alpha value is -0.940. The number of hydrogen-bond acceptors (Lipinski definition) is 4. The number of ether oxygens (including phenoxy) is 2. The predicted octanol–water partition coefficient (Wildman–Crippen LogP) is 0.671. The first kappa shape index (κ1) is 11.5. The van der Waals surface area contributed by atoms with Crippen molar-refractivity contribution in [1.29, 1.82) is 0 Å². The lowest BCUT2D eigenvalue weighted by Crippen LogP contribution is -2.26. The van der Waals surface area contributed by atoms with Gasteiger partial charge in [0.15, 0.2) is 6.29 Å². The van der Waals surface area contributed by atoms with Crippen LogP contribution in [-0.4, -0.2) is 35.3 Å². The first-order valence-corrected chi connectivity index (χ1v) is 5.39. The van der Waals surface area contributed by atoms with Gasteiger partial charge in [-0.25, -0.2) is 0 Å². The molecule has 0 unspecified atom stereocenters. The van der Waals surface area contributed by atoms with Crippen LogP contribution >= 0.6 is 0 Å². The molecule has 4 nitrogen and oxygen atoms in total. The summed E-state index contributed by atoms with van der Waals surface area (Å²) < 4.78 is 10.5. The Labute approximate surface area is 94.4 Å². The van der Waals surface area contributed by atoms with E-state index in [4.69, 9.17) is 14.6 Å². The number of rotatable bonds is 4. The van der Waals surface area contributed by atoms with Crippen molar-refractivity contribution in [2.24, 2.45) is 0 Å². The second-order valence-corrected chi connectivity index (χ2v) is 3.93. The lowest BCUT2D eigenvalue weighted by atomic mass is 10.2. The molecule has 0 aromatic heterocycles. The van der Waals surface area contributed by atoms with Gasteiger partial charge in [0.1, 0.15) is 6.10 Å². The van der Waals surface area contributed by atoms with Gasteiger partial charge in [0.05, 0.1) is 19.3 Å². The molecule has 2 N–H and O–H groups in total. The molecular formula is C12H16O4. The van der Waals surface area contributed by atoms with Gasteiger partial charge in [-0.05, 0) is 5.56 Å². The molecule has 2 rings (SSSR count). The maximum absolute atomic E-state index is 9.49. The van der Waals surface area contributed by atoms with Crippen LogP contribution in [0.3, 0.4) is 0 Å². The smallest absolute Gasteiger partial charge is 0.157 e. The largest absolute Gasteiger partial charge is 0.390 e. The quantitative estimate of drug-likeness (QED) is 0.789. The normalized spacial score (nSPS) is 29.5. The topological polar surface area (TPSA) is 58.9 Å². The zero-order chi connectivity index (χ0) is 11.4. The summed E-state index contributed by atoms with van der Waals surface area (Å²) in [5.41, 5.74) is 1.08. The zero-order valence-corrected chi connectivity index (χ0v) is 8.95. The fraction of sp³-hybridized carbons (Fsp3) is 0.500. The second kappa shape index (κ2) is 5.41. The van der Waals surface area contributed by atoms with Gasteiger partial charge in [-0.3, -0.25) is 0 Å². The third-order valence-electron chi connectivity index (χ3n) is 2.60. The highest BCUT2D eigenvalue weighted by Crippen LogP contribution is 2.19. The van der Waals surface area contributed by atoms with Gasteiger partial charge in [-0.15, -0.1) is 0 Å². The Kier molecular flexibility index (Phi) is 3.90. The molecule has 4 heteroatoms. The van der Waals surface area contributed by atoms with Crippen LogP contribution in [0.25, 0.3) is 0 Å². The average Bonchev–Trinajstić information content (AvgIpc) is 2.59. The maximum atomic E-state index is 9.49. The van der Waals surface area contributed by atoms with Crippen molar-refractivity contribution in [2.75, 3.05) is 6.61 Å². The lowest BCUT2D eigenvalue weighted by molar-refractivity contribution is -0.117. The summed E-state index contributed by atoms with van der Waals surface area (Å²) in [6.45, 7) is 0.788. The van der Waals surface area contributed by atoms with Crippen molar-refractivity contribution in [2.45, 2.75) is 31.5 Å². The molecule has 16 heavy (non-hydrogen) atoms. The highest BCUT2D eigenvalue weighted by molar-refractivity contribution is 5.13. The molecule has 1 saturated heterocycles. The van der Waals surface area contributed by atoms with Crippen LogP contribution in [0.4, 0.5) is 0 Å². The van der Waals surface area contributed by atoms with E-state index in [9.17, 15) is 5.11 Å². The Morgan fingerprint density at radius 1 is 1.25 bits per heavy atom. The van der Waals surface area contributed by atoms with Crippen LogP contribution in [0.2, 0.25) is 0 Å². The fourth-order valence-electron chi connectivity index (χ4n) is 1.72. The molecule has 0 saturated carbocycles. The van der Waals surface area contributed by atoms with Gasteiger partial charge >= 0.3 is 0 Å². The molecule has 0 spiro atoms. The summed E-state index contributed by atoms with van der Waals surface area (Å²) in [5.74, 6) is 0. The van der Waals surface area contributed by atoms with E-state index in [0.717, 1.165) is 5.56 Å². The van der Waals surface area contributed by atoms with Crippen molar-refractivity contribution in [3.63, 3.8) is 0 Å². The Morgan fingerprint density at radius 2 is 2.00 bits per heavy atom. The summed E-state index contributed by atoms with van der Waals surface area (Å²) in [6.07, 6.45) is -1.65. The standard InChI is InChI=1S/C12H16O4/c13-10-6-12(14)16-11(10)8-15-7-9-4-2-1-3-5-9/h1-5,10-14H,6-8H2/t10-,11-,12-/m1/s1. The van der Waals surface area contributed by atoms with Crippen LogP contribution in [0, 0.1) is 0 Å². The van der Waals surface area contributed by atoms with Gasteiger partial charge in [-0.1, -0.05) is 30.3 Å². The van der Waals surface area contributed by atoms with Crippen LogP contribution in [0.15, 0.2) is 30.3 Å². The lowest BCUT2D eigenvalue weighted by Gasteiger charge is -2.13. The number of benzene rings is 1.